The number of aryl methyl sites for hydroxylation is 1. The van der Waals surface area contributed by atoms with E-state index in [-0.39, 0.29) is 29.9 Å². The van der Waals surface area contributed by atoms with E-state index in [2.05, 4.69) is 58.9 Å². The van der Waals surface area contributed by atoms with Gasteiger partial charge in [-0.1, -0.05) is 42.0 Å². The van der Waals surface area contributed by atoms with Gasteiger partial charge in [-0.25, -0.2) is 0 Å². The largest absolute Gasteiger partial charge is 0.352 e. The number of carbonyl (C=O) groups is 2. The maximum Gasteiger partial charge on any atom is 0.264 e. The Morgan fingerprint density at radius 1 is 0.974 bits per heavy atom. The van der Waals surface area contributed by atoms with Crippen molar-refractivity contribution in [2.45, 2.75) is 82.7 Å². The van der Waals surface area contributed by atoms with Crippen LogP contribution in [0.1, 0.15) is 64.2 Å². The molecule has 5 rings (SSSR count). The molecule has 1 aliphatic carbocycles. The fourth-order valence-corrected chi connectivity index (χ4v) is 7.13. The lowest BCUT2D eigenvalue weighted by molar-refractivity contribution is -0.128. The summed E-state index contributed by atoms with van der Waals surface area (Å²) in [7, 11) is 0. The second-order valence-electron chi connectivity index (χ2n) is 10.8. The zero-order chi connectivity index (χ0) is 26.5. The Balaban J connectivity index is 1.36. The third-order valence-corrected chi connectivity index (χ3v) is 9.67. The van der Waals surface area contributed by atoms with Gasteiger partial charge in [-0.2, -0.15) is 0 Å². The summed E-state index contributed by atoms with van der Waals surface area (Å²) in [5, 5.41) is 7.34. The minimum atomic E-state index is -0.484. The summed E-state index contributed by atoms with van der Waals surface area (Å²) in [6.07, 6.45) is 5.14. The summed E-state index contributed by atoms with van der Waals surface area (Å²) in [6.45, 7) is 4.33. The molecule has 8 heteroatoms. The summed E-state index contributed by atoms with van der Waals surface area (Å²) in [6, 6.07) is 16.8. The molecule has 2 aromatic heterocycles. The molecule has 1 aromatic carbocycles. The normalized spacial score (nSPS) is 23.9. The van der Waals surface area contributed by atoms with Crippen molar-refractivity contribution in [2.75, 3.05) is 6.54 Å². The van der Waals surface area contributed by atoms with Crippen LogP contribution in [-0.4, -0.2) is 52.3 Å². The maximum atomic E-state index is 13.8. The summed E-state index contributed by atoms with van der Waals surface area (Å²) < 4.78 is 0. The van der Waals surface area contributed by atoms with Crippen LogP contribution in [0.4, 0.5) is 0 Å². The standard InChI is InChI=1S/C30H38N4O2S2/c1-21-6-8-22(9-7-21)19-33(20-26-4-2-16-37-26)25-14-15-34(30(36)28-5-3-17-38-28)27(18-25)29(35)32-24-12-10-23(31)11-13-24/h2-9,16-17,23-25,27H,10-15,18-20,31H2,1H3,(H,32,35)/t23?,24?,25?,27-/m1/s1. The van der Waals surface area contributed by atoms with E-state index in [4.69, 9.17) is 5.73 Å². The smallest absolute Gasteiger partial charge is 0.264 e. The van der Waals surface area contributed by atoms with Gasteiger partial charge in [-0.3, -0.25) is 14.5 Å². The molecule has 1 unspecified atom stereocenters. The maximum absolute atomic E-state index is 13.8. The molecule has 1 saturated carbocycles. The Labute approximate surface area is 233 Å². The van der Waals surface area contributed by atoms with Crippen molar-refractivity contribution in [3.8, 4) is 0 Å². The molecule has 2 amide bonds. The van der Waals surface area contributed by atoms with Gasteiger partial charge in [0.25, 0.3) is 5.91 Å². The van der Waals surface area contributed by atoms with Crippen molar-refractivity contribution in [1.29, 1.82) is 0 Å². The van der Waals surface area contributed by atoms with Gasteiger partial charge >= 0.3 is 0 Å². The highest BCUT2D eigenvalue weighted by atomic mass is 32.1. The fraction of sp³-hybridized carbons (Fsp3) is 0.467. The van der Waals surface area contributed by atoms with E-state index in [0.717, 1.165) is 45.2 Å². The quantitative estimate of drug-likeness (QED) is 0.405. The van der Waals surface area contributed by atoms with Crippen molar-refractivity contribution in [3.05, 3.63) is 80.2 Å². The van der Waals surface area contributed by atoms with Gasteiger partial charge in [0.05, 0.1) is 4.88 Å². The predicted molar refractivity (Wildman–Crippen MR) is 155 cm³/mol. The molecule has 3 N–H and O–H groups in total. The zero-order valence-corrected chi connectivity index (χ0v) is 23.7. The van der Waals surface area contributed by atoms with Gasteiger partial charge in [0.15, 0.2) is 0 Å². The van der Waals surface area contributed by atoms with Crippen LogP contribution >= 0.6 is 22.7 Å². The number of hydrogen-bond donors (Lipinski definition) is 2. The van der Waals surface area contributed by atoms with Gasteiger partial charge in [-0.05, 0) is 73.9 Å². The Kier molecular flexibility index (Phi) is 8.94. The molecule has 1 aliphatic heterocycles. The molecular weight excluding hydrogens is 512 g/mol. The number of amides is 2. The van der Waals surface area contributed by atoms with Gasteiger partial charge in [0, 0.05) is 42.6 Å². The summed E-state index contributed by atoms with van der Waals surface area (Å²) in [4.78, 5) is 33.6. The highest BCUT2D eigenvalue weighted by Crippen LogP contribution is 2.29. The Hall–Kier alpha value is -2.52. The molecule has 1 saturated heterocycles. The molecule has 2 atom stereocenters. The predicted octanol–water partition coefficient (Wildman–Crippen LogP) is 5.18. The van der Waals surface area contributed by atoms with Crippen LogP contribution in [-0.2, 0) is 17.9 Å². The number of carbonyl (C=O) groups excluding carboxylic acids is 2. The molecule has 2 fully saturated rings. The molecular formula is C30H38N4O2S2. The van der Waals surface area contributed by atoms with Crippen LogP contribution in [0, 0.1) is 6.92 Å². The summed E-state index contributed by atoms with van der Waals surface area (Å²) >= 11 is 3.21. The van der Waals surface area contributed by atoms with Crippen LogP contribution < -0.4 is 11.1 Å². The van der Waals surface area contributed by atoms with Crippen molar-refractivity contribution in [2.24, 2.45) is 5.73 Å². The fourth-order valence-electron chi connectivity index (χ4n) is 5.72. The molecule has 0 radical (unpaired) electrons. The average molecular weight is 551 g/mol. The molecule has 0 spiro atoms. The number of nitrogens with one attached hydrogen (secondary N) is 1. The topological polar surface area (TPSA) is 78.7 Å². The van der Waals surface area contributed by atoms with Crippen molar-refractivity contribution in [1.82, 2.24) is 15.1 Å². The number of rotatable bonds is 8. The van der Waals surface area contributed by atoms with E-state index in [1.54, 1.807) is 11.3 Å². The summed E-state index contributed by atoms with van der Waals surface area (Å²) in [5.41, 5.74) is 8.61. The van der Waals surface area contributed by atoms with Crippen LogP contribution in [0.15, 0.2) is 59.3 Å². The minimum Gasteiger partial charge on any atom is -0.352 e. The number of nitrogens with zero attached hydrogens (tertiary/aromatic N) is 2. The monoisotopic (exact) mass is 550 g/mol. The molecule has 2 aliphatic rings. The number of benzene rings is 1. The van der Waals surface area contributed by atoms with Crippen LogP contribution in [0.2, 0.25) is 0 Å². The lowest BCUT2D eigenvalue weighted by Gasteiger charge is -2.43. The zero-order valence-electron chi connectivity index (χ0n) is 22.1. The molecule has 38 heavy (non-hydrogen) atoms. The number of likely N-dealkylation sites (tertiary alicyclic amines) is 1. The van der Waals surface area contributed by atoms with E-state index < -0.39 is 6.04 Å². The van der Waals surface area contributed by atoms with Gasteiger partial charge < -0.3 is 16.0 Å². The Morgan fingerprint density at radius 2 is 1.71 bits per heavy atom. The Bertz CT molecular complexity index is 1170. The van der Waals surface area contributed by atoms with Crippen molar-refractivity contribution in [3.63, 3.8) is 0 Å². The van der Waals surface area contributed by atoms with Crippen LogP contribution in [0.5, 0.6) is 0 Å². The van der Waals surface area contributed by atoms with E-state index >= 15 is 0 Å². The highest BCUT2D eigenvalue weighted by molar-refractivity contribution is 7.12. The number of piperidine rings is 1. The third-order valence-electron chi connectivity index (χ3n) is 7.95. The minimum absolute atomic E-state index is 0.0218. The SMILES string of the molecule is Cc1ccc(CN(Cc2cccs2)C2CCN(C(=O)c3cccs3)[C@@H](C(=O)NC3CCC(N)CC3)C2)cc1. The van der Waals surface area contributed by atoms with E-state index in [9.17, 15) is 9.59 Å². The first kappa shape index (κ1) is 27.1. The van der Waals surface area contributed by atoms with Gasteiger partial charge in [-0.15, -0.1) is 22.7 Å². The first-order chi connectivity index (χ1) is 18.5. The number of thiophene rings is 2. The summed E-state index contributed by atoms with van der Waals surface area (Å²) in [5.74, 6) is -0.0564. The lowest BCUT2D eigenvalue weighted by atomic mass is 9.90. The Morgan fingerprint density at radius 3 is 2.39 bits per heavy atom. The molecule has 6 nitrogen and oxygen atoms in total. The first-order valence-electron chi connectivity index (χ1n) is 13.7. The van der Waals surface area contributed by atoms with E-state index in [1.165, 1.54) is 27.3 Å². The van der Waals surface area contributed by atoms with Gasteiger partial charge in [0.1, 0.15) is 6.04 Å². The second-order valence-corrected chi connectivity index (χ2v) is 12.7. The number of hydrogen-bond acceptors (Lipinski definition) is 6. The van der Waals surface area contributed by atoms with Crippen LogP contribution in [0.25, 0.3) is 0 Å². The average Bonchev–Trinajstić information content (AvgIpc) is 3.65. The first-order valence-corrected chi connectivity index (χ1v) is 15.4. The van der Waals surface area contributed by atoms with Gasteiger partial charge in [0.2, 0.25) is 5.91 Å². The third kappa shape index (κ3) is 6.72. The van der Waals surface area contributed by atoms with E-state index in [1.807, 2.05) is 22.4 Å². The van der Waals surface area contributed by atoms with E-state index in [0.29, 0.717) is 17.8 Å². The molecule has 3 aromatic rings. The highest BCUT2D eigenvalue weighted by Gasteiger charge is 2.39. The molecule has 0 bridgehead atoms. The van der Waals surface area contributed by atoms with Crippen molar-refractivity contribution < 1.29 is 9.59 Å². The van der Waals surface area contributed by atoms with Crippen LogP contribution in [0.3, 0.4) is 0 Å². The second kappa shape index (κ2) is 12.6. The molecule has 202 valence electrons. The van der Waals surface area contributed by atoms with Crippen molar-refractivity contribution >= 4 is 34.5 Å². The molecule has 3 heterocycles. The lowest BCUT2D eigenvalue weighted by Crippen LogP contribution is -2.58. The number of nitrogens with two attached hydrogens (primary N) is 1.